The maximum absolute atomic E-state index is 5.92. The van der Waals surface area contributed by atoms with Gasteiger partial charge in [-0.3, -0.25) is 0 Å². The Morgan fingerprint density at radius 3 is 2.12 bits per heavy atom. The van der Waals surface area contributed by atoms with Crippen molar-refractivity contribution < 1.29 is 9.47 Å². The lowest BCUT2D eigenvalue weighted by molar-refractivity contribution is 0.254. The van der Waals surface area contributed by atoms with Gasteiger partial charge in [-0.2, -0.15) is 0 Å². The quantitative estimate of drug-likeness (QED) is 0.260. The molecule has 0 heterocycles. The van der Waals surface area contributed by atoms with Gasteiger partial charge in [0.15, 0.2) is 11.5 Å². The van der Waals surface area contributed by atoms with Crippen LogP contribution >= 0.6 is 0 Å². The average Bonchev–Trinajstić information content (AvgIpc) is 2.61. The highest BCUT2D eigenvalue weighted by Crippen LogP contribution is 2.27. The van der Waals surface area contributed by atoms with Crippen LogP contribution in [0.2, 0.25) is 0 Å². The second-order valence-corrected chi connectivity index (χ2v) is 6.64. The van der Waals surface area contributed by atoms with Gasteiger partial charge in [-0.25, -0.2) is 0 Å². The lowest BCUT2D eigenvalue weighted by Crippen LogP contribution is -2.04. The Bertz CT molecular complexity index is 428. The normalized spacial score (nSPS) is 11.9. The van der Waals surface area contributed by atoms with Crippen molar-refractivity contribution in [1.29, 1.82) is 0 Å². The van der Waals surface area contributed by atoms with Crippen molar-refractivity contribution in [2.24, 2.45) is 5.92 Å². The lowest BCUT2D eigenvalue weighted by atomic mass is 10.0. The highest BCUT2D eigenvalue weighted by atomic mass is 16.5. The lowest BCUT2D eigenvalue weighted by Gasteiger charge is -2.13. The number of unbranched alkanes of at least 4 members (excludes halogenated alkanes) is 5. The first-order valence-electron chi connectivity index (χ1n) is 9.73. The van der Waals surface area contributed by atoms with Gasteiger partial charge in [0, 0.05) is 0 Å². The third-order valence-electron chi connectivity index (χ3n) is 4.46. The van der Waals surface area contributed by atoms with E-state index in [0.717, 1.165) is 49.9 Å². The maximum Gasteiger partial charge on any atom is 0.161 e. The number of ether oxygens (including phenoxy) is 2. The predicted molar refractivity (Wildman–Crippen MR) is 104 cm³/mol. The monoisotopic (exact) mass is 332 g/mol. The summed E-state index contributed by atoms with van der Waals surface area (Å²) in [6.45, 7) is 9.85. The summed E-state index contributed by atoms with van der Waals surface area (Å²) in [6, 6.07) is 8.04. The molecule has 0 aliphatic rings. The minimum atomic E-state index is 0.772. The first-order chi connectivity index (χ1) is 11.8. The van der Waals surface area contributed by atoms with Crippen LogP contribution < -0.4 is 9.47 Å². The fourth-order valence-electron chi connectivity index (χ4n) is 2.61. The fourth-order valence-corrected chi connectivity index (χ4v) is 2.61. The Balaban J connectivity index is 2.19. The Kier molecular flexibility index (Phi) is 12.0. The summed E-state index contributed by atoms with van der Waals surface area (Å²) in [4.78, 5) is 0. The standard InChI is InChI=1S/C22H36O2/c1-4-6-7-8-9-10-13-18-23-21-16-11-12-17-22(21)24-19-14-15-20(3)5-2/h4,11-12,16-17,20H,1,5-10,13-15,18-19H2,2-3H3. The second-order valence-electron chi connectivity index (χ2n) is 6.64. The van der Waals surface area contributed by atoms with E-state index < -0.39 is 0 Å². The van der Waals surface area contributed by atoms with Crippen molar-refractivity contribution in [2.75, 3.05) is 13.2 Å². The van der Waals surface area contributed by atoms with Crippen molar-refractivity contribution in [2.45, 2.75) is 71.6 Å². The largest absolute Gasteiger partial charge is 0.490 e. The molecular formula is C22H36O2. The van der Waals surface area contributed by atoms with Crippen LogP contribution in [0.25, 0.3) is 0 Å². The number of hydrogen-bond acceptors (Lipinski definition) is 2. The SMILES string of the molecule is C=CCCCCCCCOc1ccccc1OCCCC(C)CC. The molecule has 2 heteroatoms. The van der Waals surface area contributed by atoms with E-state index in [1.54, 1.807) is 0 Å². The smallest absolute Gasteiger partial charge is 0.161 e. The Labute approximate surface area is 149 Å². The van der Waals surface area contributed by atoms with Crippen molar-refractivity contribution in [3.05, 3.63) is 36.9 Å². The zero-order valence-corrected chi connectivity index (χ0v) is 15.8. The molecule has 0 aromatic heterocycles. The van der Waals surface area contributed by atoms with Crippen LogP contribution in [0.4, 0.5) is 0 Å². The van der Waals surface area contributed by atoms with E-state index in [1.165, 1.54) is 38.5 Å². The molecule has 1 unspecified atom stereocenters. The van der Waals surface area contributed by atoms with Crippen LogP contribution in [-0.2, 0) is 0 Å². The Morgan fingerprint density at radius 2 is 1.50 bits per heavy atom. The van der Waals surface area contributed by atoms with E-state index in [4.69, 9.17) is 9.47 Å². The number of allylic oxidation sites excluding steroid dienone is 1. The molecule has 0 amide bonds. The number of benzene rings is 1. The molecule has 1 atom stereocenters. The zero-order valence-electron chi connectivity index (χ0n) is 15.8. The van der Waals surface area contributed by atoms with E-state index in [-0.39, 0.29) is 0 Å². The first-order valence-corrected chi connectivity index (χ1v) is 9.73. The summed E-state index contributed by atoms with van der Waals surface area (Å²) in [7, 11) is 0. The molecule has 0 aliphatic carbocycles. The van der Waals surface area contributed by atoms with Gasteiger partial charge in [-0.15, -0.1) is 6.58 Å². The van der Waals surface area contributed by atoms with Crippen LogP contribution in [0, 0.1) is 5.92 Å². The summed E-state index contributed by atoms with van der Waals surface area (Å²) in [5.74, 6) is 2.55. The van der Waals surface area contributed by atoms with Crippen LogP contribution in [0.1, 0.15) is 71.6 Å². The van der Waals surface area contributed by atoms with Gasteiger partial charge in [0.1, 0.15) is 0 Å². The van der Waals surface area contributed by atoms with Crippen molar-refractivity contribution >= 4 is 0 Å². The van der Waals surface area contributed by atoms with Crippen molar-refractivity contribution in [3.8, 4) is 11.5 Å². The topological polar surface area (TPSA) is 18.5 Å². The number of hydrogen-bond donors (Lipinski definition) is 0. The van der Waals surface area contributed by atoms with Gasteiger partial charge in [0.25, 0.3) is 0 Å². The van der Waals surface area contributed by atoms with Gasteiger partial charge in [0.05, 0.1) is 13.2 Å². The van der Waals surface area contributed by atoms with Gasteiger partial charge >= 0.3 is 0 Å². The molecule has 1 rings (SSSR count). The minimum absolute atomic E-state index is 0.772. The first kappa shape index (κ1) is 20.6. The Hall–Kier alpha value is -1.44. The van der Waals surface area contributed by atoms with Gasteiger partial charge in [-0.05, 0) is 50.2 Å². The third-order valence-corrected chi connectivity index (χ3v) is 4.46. The van der Waals surface area contributed by atoms with Crippen LogP contribution in [-0.4, -0.2) is 13.2 Å². The van der Waals surface area contributed by atoms with E-state index in [9.17, 15) is 0 Å². The molecule has 0 saturated carbocycles. The number of para-hydroxylation sites is 2. The zero-order chi connectivity index (χ0) is 17.5. The molecule has 24 heavy (non-hydrogen) atoms. The van der Waals surface area contributed by atoms with Crippen molar-refractivity contribution in [1.82, 2.24) is 0 Å². The third kappa shape index (κ3) is 9.64. The molecule has 0 N–H and O–H groups in total. The highest BCUT2D eigenvalue weighted by Gasteiger charge is 2.05. The van der Waals surface area contributed by atoms with Crippen molar-refractivity contribution in [3.63, 3.8) is 0 Å². The molecule has 1 aromatic carbocycles. The molecule has 0 spiro atoms. The van der Waals surface area contributed by atoms with Gasteiger partial charge < -0.3 is 9.47 Å². The molecular weight excluding hydrogens is 296 g/mol. The summed E-state index contributed by atoms with van der Waals surface area (Å²) in [5.41, 5.74) is 0. The summed E-state index contributed by atoms with van der Waals surface area (Å²) in [6.07, 6.45) is 12.9. The van der Waals surface area contributed by atoms with E-state index in [0.29, 0.717) is 0 Å². The summed E-state index contributed by atoms with van der Waals surface area (Å²) in [5, 5.41) is 0. The maximum atomic E-state index is 5.92. The highest BCUT2D eigenvalue weighted by molar-refractivity contribution is 5.39. The molecule has 136 valence electrons. The van der Waals surface area contributed by atoms with Crippen LogP contribution in [0.15, 0.2) is 36.9 Å². The Morgan fingerprint density at radius 1 is 0.917 bits per heavy atom. The molecule has 0 radical (unpaired) electrons. The van der Waals surface area contributed by atoms with E-state index in [1.807, 2.05) is 30.3 Å². The van der Waals surface area contributed by atoms with E-state index >= 15 is 0 Å². The molecule has 2 nitrogen and oxygen atoms in total. The van der Waals surface area contributed by atoms with Gasteiger partial charge in [-0.1, -0.05) is 57.7 Å². The molecule has 1 aromatic rings. The molecule has 0 aliphatic heterocycles. The molecule has 0 saturated heterocycles. The predicted octanol–water partition coefficient (Wildman–Crippen LogP) is 6.80. The van der Waals surface area contributed by atoms with Crippen LogP contribution in [0.3, 0.4) is 0 Å². The second kappa shape index (κ2) is 13.9. The van der Waals surface area contributed by atoms with E-state index in [2.05, 4.69) is 20.4 Å². The fraction of sp³-hybridized carbons (Fsp3) is 0.636. The minimum Gasteiger partial charge on any atom is -0.490 e. The molecule has 0 fully saturated rings. The van der Waals surface area contributed by atoms with Gasteiger partial charge in [0.2, 0.25) is 0 Å². The summed E-state index contributed by atoms with van der Waals surface area (Å²) < 4.78 is 11.8. The van der Waals surface area contributed by atoms with Crippen LogP contribution in [0.5, 0.6) is 11.5 Å². The molecule has 0 bridgehead atoms. The average molecular weight is 333 g/mol. The number of rotatable bonds is 15. The summed E-state index contributed by atoms with van der Waals surface area (Å²) >= 11 is 0.